The highest BCUT2D eigenvalue weighted by Gasteiger charge is 2.46. The molecule has 0 spiro atoms. The summed E-state index contributed by atoms with van der Waals surface area (Å²) >= 11 is 0. The third kappa shape index (κ3) is 3.22. The van der Waals surface area contributed by atoms with E-state index in [-0.39, 0.29) is 5.60 Å². The van der Waals surface area contributed by atoms with E-state index in [4.69, 9.17) is 4.43 Å². The largest absolute Gasteiger partial charge is 0.412 e. The molecule has 2 rings (SSSR count). The normalized spacial score (nSPS) is 35.5. The summed E-state index contributed by atoms with van der Waals surface area (Å²) in [7, 11) is -1.48. The summed E-state index contributed by atoms with van der Waals surface area (Å²) in [6, 6.07) is 0. The van der Waals surface area contributed by atoms with Gasteiger partial charge in [-0.2, -0.15) is 0 Å². The number of allylic oxidation sites excluding steroid dienone is 2. The van der Waals surface area contributed by atoms with E-state index in [0.29, 0.717) is 11.3 Å². The average molecular weight is 295 g/mol. The van der Waals surface area contributed by atoms with Gasteiger partial charge in [-0.15, -0.1) is 0 Å². The minimum atomic E-state index is -1.48. The fourth-order valence-corrected chi connectivity index (χ4v) is 6.25. The summed E-state index contributed by atoms with van der Waals surface area (Å²) in [6.45, 7) is 16.6. The molecule has 1 fully saturated rings. The Labute approximate surface area is 127 Å². The van der Waals surface area contributed by atoms with E-state index in [2.05, 4.69) is 53.4 Å². The van der Waals surface area contributed by atoms with Gasteiger partial charge in [-0.1, -0.05) is 25.5 Å². The van der Waals surface area contributed by atoms with Crippen molar-refractivity contribution >= 4 is 8.32 Å². The van der Waals surface area contributed by atoms with Gasteiger partial charge in [0.05, 0.1) is 5.60 Å². The zero-order valence-electron chi connectivity index (χ0n) is 14.7. The van der Waals surface area contributed by atoms with Gasteiger partial charge in [0.2, 0.25) is 0 Å². The Morgan fingerprint density at radius 1 is 1.25 bits per heavy atom. The summed E-state index contributed by atoms with van der Waals surface area (Å²) in [5.74, 6) is 1.53. The molecule has 0 amide bonds. The van der Waals surface area contributed by atoms with Gasteiger partial charge < -0.3 is 4.43 Å². The molecule has 0 radical (unpaired) electrons. The summed E-state index contributed by atoms with van der Waals surface area (Å²) in [6.07, 6.45) is 9.13. The van der Waals surface area contributed by atoms with Crippen molar-refractivity contribution in [3.05, 3.63) is 11.6 Å². The first-order chi connectivity index (χ1) is 9.05. The summed E-state index contributed by atoms with van der Waals surface area (Å²) in [5, 5.41) is 0. The molecule has 2 aliphatic carbocycles. The molecular formula is C18H34OSi. The van der Waals surface area contributed by atoms with E-state index < -0.39 is 8.32 Å². The Kier molecular flexibility index (Phi) is 4.30. The highest BCUT2D eigenvalue weighted by molar-refractivity contribution is 6.69. The van der Waals surface area contributed by atoms with Crippen molar-refractivity contribution in [3.63, 3.8) is 0 Å². The van der Waals surface area contributed by atoms with Crippen LogP contribution < -0.4 is 0 Å². The lowest BCUT2D eigenvalue weighted by Crippen LogP contribution is -2.48. The van der Waals surface area contributed by atoms with Crippen molar-refractivity contribution in [2.45, 2.75) is 85.0 Å². The number of hydrogen-bond acceptors (Lipinski definition) is 1. The third-order valence-electron chi connectivity index (χ3n) is 5.80. The molecule has 0 heterocycles. The Balaban J connectivity index is 2.17. The van der Waals surface area contributed by atoms with Crippen LogP contribution in [0.2, 0.25) is 19.6 Å². The van der Waals surface area contributed by atoms with E-state index >= 15 is 0 Å². The van der Waals surface area contributed by atoms with Gasteiger partial charge in [0.1, 0.15) is 0 Å². The molecule has 0 bridgehead atoms. The van der Waals surface area contributed by atoms with Crippen LogP contribution in [0.4, 0.5) is 0 Å². The predicted octanol–water partition coefficient (Wildman–Crippen LogP) is 5.78. The van der Waals surface area contributed by atoms with Crippen LogP contribution in [0.5, 0.6) is 0 Å². The quantitative estimate of drug-likeness (QED) is 0.473. The van der Waals surface area contributed by atoms with Crippen LogP contribution in [0.1, 0.15) is 59.8 Å². The molecule has 0 aromatic heterocycles. The molecule has 2 aliphatic rings. The molecule has 116 valence electrons. The molecule has 3 unspecified atom stereocenters. The number of rotatable bonds is 3. The van der Waals surface area contributed by atoms with Crippen molar-refractivity contribution < 1.29 is 4.43 Å². The second kappa shape index (κ2) is 5.28. The molecule has 0 aromatic rings. The van der Waals surface area contributed by atoms with Crippen molar-refractivity contribution in [2.75, 3.05) is 0 Å². The lowest BCUT2D eigenvalue weighted by molar-refractivity contribution is -0.0105. The summed E-state index contributed by atoms with van der Waals surface area (Å²) in [4.78, 5) is 0. The fourth-order valence-electron chi connectivity index (χ4n) is 4.51. The van der Waals surface area contributed by atoms with Crippen molar-refractivity contribution in [3.8, 4) is 0 Å². The van der Waals surface area contributed by atoms with Gasteiger partial charge in [-0.3, -0.25) is 0 Å². The van der Waals surface area contributed by atoms with Crippen molar-refractivity contribution in [2.24, 2.45) is 17.3 Å². The minimum absolute atomic E-state index is 0.0379. The molecule has 0 N–H and O–H groups in total. The minimum Gasteiger partial charge on any atom is -0.412 e. The van der Waals surface area contributed by atoms with Gasteiger partial charge in [-0.25, -0.2) is 0 Å². The van der Waals surface area contributed by atoms with E-state index in [9.17, 15) is 0 Å². The first kappa shape index (κ1) is 16.3. The molecule has 1 saturated carbocycles. The zero-order chi connectivity index (χ0) is 15.2. The van der Waals surface area contributed by atoms with Crippen LogP contribution in [-0.2, 0) is 4.43 Å². The van der Waals surface area contributed by atoms with Gasteiger partial charge in [-0.05, 0) is 82.8 Å². The topological polar surface area (TPSA) is 9.23 Å². The monoisotopic (exact) mass is 294 g/mol. The maximum absolute atomic E-state index is 6.54. The highest BCUT2D eigenvalue weighted by atomic mass is 28.4. The molecular weight excluding hydrogens is 260 g/mol. The maximum Gasteiger partial charge on any atom is 0.184 e. The van der Waals surface area contributed by atoms with Crippen LogP contribution in [0.25, 0.3) is 0 Å². The standard InChI is InChI=1S/C18H34OSi/c1-14-9-8-10-15-11-12-16(13-18(14,15)4)17(2,3)19-20(5,6)7/h10,14,16H,8-9,11-13H2,1-7H3. The molecule has 0 aromatic carbocycles. The second-order valence-electron chi connectivity index (χ2n) is 8.88. The maximum atomic E-state index is 6.54. The molecule has 2 heteroatoms. The SMILES string of the molecule is CC1CCC=C2CCC(C(C)(C)O[Si](C)(C)C)CC21C. The second-order valence-corrected chi connectivity index (χ2v) is 13.3. The van der Waals surface area contributed by atoms with Gasteiger partial charge in [0.15, 0.2) is 8.32 Å². The highest BCUT2D eigenvalue weighted by Crippen LogP contribution is 2.54. The molecule has 0 saturated heterocycles. The smallest absolute Gasteiger partial charge is 0.184 e. The predicted molar refractivity (Wildman–Crippen MR) is 90.4 cm³/mol. The van der Waals surface area contributed by atoms with Crippen molar-refractivity contribution in [1.29, 1.82) is 0 Å². The van der Waals surface area contributed by atoms with Crippen LogP contribution in [0, 0.1) is 17.3 Å². The third-order valence-corrected chi connectivity index (χ3v) is 6.94. The van der Waals surface area contributed by atoms with Crippen LogP contribution in [0.3, 0.4) is 0 Å². The van der Waals surface area contributed by atoms with Gasteiger partial charge >= 0.3 is 0 Å². The van der Waals surface area contributed by atoms with Gasteiger partial charge in [0.25, 0.3) is 0 Å². The number of fused-ring (bicyclic) bond motifs is 1. The summed E-state index contributed by atoms with van der Waals surface area (Å²) in [5.41, 5.74) is 2.22. The van der Waals surface area contributed by atoms with Gasteiger partial charge in [0, 0.05) is 0 Å². The van der Waals surface area contributed by atoms with Crippen LogP contribution in [0.15, 0.2) is 11.6 Å². The fraction of sp³-hybridized carbons (Fsp3) is 0.889. The summed E-state index contributed by atoms with van der Waals surface area (Å²) < 4.78 is 6.54. The number of hydrogen-bond donors (Lipinski definition) is 0. The lowest BCUT2D eigenvalue weighted by Gasteiger charge is -2.51. The van der Waals surface area contributed by atoms with Crippen LogP contribution in [-0.4, -0.2) is 13.9 Å². The van der Waals surface area contributed by atoms with E-state index in [1.807, 2.05) is 0 Å². The lowest BCUT2D eigenvalue weighted by atomic mass is 9.56. The van der Waals surface area contributed by atoms with E-state index in [0.717, 1.165) is 5.92 Å². The molecule has 1 nitrogen and oxygen atoms in total. The van der Waals surface area contributed by atoms with E-state index in [1.165, 1.54) is 32.1 Å². The average Bonchev–Trinajstić information content (AvgIpc) is 2.27. The Morgan fingerprint density at radius 2 is 1.90 bits per heavy atom. The zero-order valence-corrected chi connectivity index (χ0v) is 15.7. The first-order valence-corrected chi connectivity index (χ1v) is 11.8. The molecule has 3 atom stereocenters. The molecule has 20 heavy (non-hydrogen) atoms. The Bertz CT molecular complexity index is 391. The van der Waals surface area contributed by atoms with Crippen molar-refractivity contribution in [1.82, 2.24) is 0 Å². The first-order valence-electron chi connectivity index (χ1n) is 8.44. The van der Waals surface area contributed by atoms with Crippen LogP contribution >= 0.6 is 0 Å². The Hall–Kier alpha value is -0.0831. The van der Waals surface area contributed by atoms with E-state index in [1.54, 1.807) is 5.57 Å². The molecule has 0 aliphatic heterocycles. The Morgan fingerprint density at radius 3 is 2.50 bits per heavy atom.